The van der Waals surface area contributed by atoms with E-state index in [1.54, 1.807) is 49.4 Å². The molecule has 0 radical (unpaired) electrons. The average molecular weight is 584 g/mol. The molecule has 222 valence electrons. The van der Waals surface area contributed by atoms with Gasteiger partial charge in [0, 0.05) is 17.8 Å². The number of aryl methyl sites for hydroxylation is 2. The molecule has 2 aliphatic rings. The van der Waals surface area contributed by atoms with Crippen LogP contribution in [0.3, 0.4) is 0 Å². The Labute approximate surface area is 248 Å². The Kier molecular flexibility index (Phi) is 8.70. The number of amides is 2. The number of H-pyrrole nitrogens is 1. The summed E-state index contributed by atoms with van der Waals surface area (Å²) in [5.41, 5.74) is 5.37. The summed E-state index contributed by atoms with van der Waals surface area (Å²) >= 11 is 0. The number of nitrogens with zero attached hydrogens (tertiary/aromatic N) is 1. The monoisotopic (exact) mass is 583 g/mol. The summed E-state index contributed by atoms with van der Waals surface area (Å²) in [4.78, 5) is 58.5. The fourth-order valence-electron chi connectivity index (χ4n) is 5.34. The van der Waals surface area contributed by atoms with Crippen molar-refractivity contribution in [2.75, 3.05) is 23.8 Å². The lowest BCUT2D eigenvalue weighted by molar-refractivity contribution is -0.143. The van der Waals surface area contributed by atoms with Gasteiger partial charge in [-0.3, -0.25) is 19.7 Å². The fraction of sp³-hybridized carbons (Fsp3) is 0.281. The fourth-order valence-corrected chi connectivity index (χ4v) is 5.34. The van der Waals surface area contributed by atoms with Crippen molar-refractivity contribution in [3.8, 4) is 0 Å². The van der Waals surface area contributed by atoms with E-state index in [0.717, 1.165) is 16.7 Å². The van der Waals surface area contributed by atoms with Gasteiger partial charge in [0.25, 0.3) is 5.56 Å². The van der Waals surface area contributed by atoms with Crippen molar-refractivity contribution in [2.24, 2.45) is 0 Å². The van der Waals surface area contributed by atoms with Crippen LogP contribution in [0.15, 0.2) is 65.7 Å². The van der Waals surface area contributed by atoms with E-state index in [9.17, 15) is 19.2 Å². The van der Waals surface area contributed by atoms with Crippen LogP contribution < -0.4 is 21.5 Å². The van der Waals surface area contributed by atoms with Gasteiger partial charge in [-0.05, 0) is 78.9 Å². The lowest BCUT2D eigenvalue weighted by Gasteiger charge is -2.26. The van der Waals surface area contributed by atoms with Crippen molar-refractivity contribution in [1.82, 2.24) is 15.3 Å². The van der Waals surface area contributed by atoms with Crippen LogP contribution in [0.25, 0.3) is 10.9 Å². The first-order valence-electron chi connectivity index (χ1n) is 14.1. The highest BCUT2D eigenvalue weighted by atomic mass is 16.5. The van der Waals surface area contributed by atoms with Crippen molar-refractivity contribution in [3.63, 3.8) is 0 Å². The molecular weight excluding hydrogens is 550 g/mol. The Morgan fingerprint density at radius 3 is 2.60 bits per heavy atom. The molecule has 2 aliphatic heterocycles. The molecule has 0 spiro atoms. The van der Waals surface area contributed by atoms with E-state index in [1.165, 1.54) is 6.33 Å². The van der Waals surface area contributed by atoms with Gasteiger partial charge < -0.3 is 25.1 Å². The molecule has 0 aliphatic carbocycles. The van der Waals surface area contributed by atoms with E-state index in [4.69, 9.17) is 9.47 Å². The van der Waals surface area contributed by atoms with Crippen LogP contribution in [-0.2, 0) is 25.5 Å². The molecule has 0 fully saturated rings. The second kappa shape index (κ2) is 12.8. The van der Waals surface area contributed by atoms with Crippen LogP contribution in [0.1, 0.15) is 53.2 Å². The van der Waals surface area contributed by atoms with E-state index in [-0.39, 0.29) is 25.2 Å². The SMILES string of the molecule is CCOC(=O)C[C@H]1NC(=O)[C@H](Nc2ccc3nc[nH]c(=O)c3c2)c2cc(C)c(c(C)c2)CCOC(=O)Nc2cccc1c2. The van der Waals surface area contributed by atoms with Gasteiger partial charge in [-0.25, -0.2) is 9.78 Å². The minimum Gasteiger partial charge on any atom is -0.466 e. The van der Waals surface area contributed by atoms with Crippen molar-refractivity contribution in [3.05, 3.63) is 99.1 Å². The van der Waals surface area contributed by atoms with Crippen LogP contribution in [0.2, 0.25) is 0 Å². The third-order valence-corrected chi connectivity index (χ3v) is 7.38. The zero-order valence-electron chi connectivity index (χ0n) is 24.2. The standard InChI is InChI=1S/C32H33N5O6/c1-4-42-28(38)16-27-20-6-5-7-22(14-20)36-32(41)43-11-10-24-18(2)12-21(13-19(24)3)29(31(40)37-27)35-23-8-9-26-25(15-23)30(39)34-17-33-26/h5-9,12-15,17,27,29,35H,4,10-11,16H2,1-3H3,(H,36,41)(H,37,40)(H,33,34,39)/t27-,29-/m1/s1. The molecule has 2 amide bonds. The highest BCUT2D eigenvalue weighted by Gasteiger charge is 2.27. The Balaban J connectivity index is 1.59. The number of nitrogens with one attached hydrogen (secondary N) is 4. The lowest BCUT2D eigenvalue weighted by atomic mass is 9.93. The number of carbonyl (C=O) groups is 3. The molecular formula is C32H33N5O6. The molecule has 11 nitrogen and oxygen atoms in total. The van der Waals surface area contributed by atoms with E-state index in [1.807, 2.05) is 26.0 Å². The van der Waals surface area contributed by atoms with Gasteiger partial charge in [0.15, 0.2) is 0 Å². The molecule has 3 aromatic carbocycles. The van der Waals surface area contributed by atoms with Gasteiger partial charge in [0.1, 0.15) is 6.04 Å². The topological polar surface area (TPSA) is 152 Å². The number of rotatable bonds is 5. The second-order valence-electron chi connectivity index (χ2n) is 10.4. The smallest absolute Gasteiger partial charge is 0.411 e. The number of carbonyl (C=O) groups excluding carboxylic acids is 3. The molecule has 3 heterocycles. The van der Waals surface area contributed by atoms with Gasteiger partial charge in [0.2, 0.25) is 5.91 Å². The maximum atomic E-state index is 14.2. The highest BCUT2D eigenvalue weighted by Crippen LogP contribution is 2.29. The molecule has 4 N–H and O–H groups in total. The Hall–Kier alpha value is -5.19. The number of hydrogen-bond acceptors (Lipinski definition) is 8. The third-order valence-electron chi connectivity index (χ3n) is 7.38. The number of benzene rings is 3. The molecule has 43 heavy (non-hydrogen) atoms. The molecule has 6 rings (SSSR count). The van der Waals surface area contributed by atoms with Crippen molar-refractivity contribution < 1.29 is 23.9 Å². The van der Waals surface area contributed by atoms with Gasteiger partial charge in [-0.1, -0.05) is 24.3 Å². The first-order valence-corrected chi connectivity index (χ1v) is 14.1. The molecule has 11 heteroatoms. The number of ether oxygens (including phenoxy) is 2. The van der Waals surface area contributed by atoms with Gasteiger partial charge in [-0.15, -0.1) is 0 Å². The zero-order valence-corrected chi connectivity index (χ0v) is 24.2. The highest BCUT2D eigenvalue weighted by molar-refractivity contribution is 5.89. The number of esters is 1. The van der Waals surface area contributed by atoms with E-state index >= 15 is 0 Å². The predicted molar refractivity (Wildman–Crippen MR) is 162 cm³/mol. The van der Waals surface area contributed by atoms with Gasteiger partial charge in [-0.2, -0.15) is 0 Å². The summed E-state index contributed by atoms with van der Waals surface area (Å²) in [6.45, 7) is 5.96. The van der Waals surface area contributed by atoms with Crippen LogP contribution in [-0.4, -0.2) is 41.2 Å². The summed E-state index contributed by atoms with van der Waals surface area (Å²) < 4.78 is 10.6. The number of aromatic amines is 1. The quantitative estimate of drug-likeness (QED) is 0.249. The maximum Gasteiger partial charge on any atom is 0.411 e. The molecule has 4 aromatic rings. The molecule has 1 aromatic heterocycles. The van der Waals surface area contributed by atoms with Crippen molar-refractivity contribution in [1.29, 1.82) is 0 Å². The summed E-state index contributed by atoms with van der Waals surface area (Å²) in [5.74, 6) is -0.882. The number of hydrogen-bond donors (Lipinski definition) is 4. The molecule has 0 saturated heterocycles. The number of anilines is 2. The molecule has 2 atom stereocenters. The van der Waals surface area contributed by atoms with E-state index in [0.29, 0.717) is 39.8 Å². The van der Waals surface area contributed by atoms with Crippen LogP contribution in [0.5, 0.6) is 0 Å². The second-order valence-corrected chi connectivity index (χ2v) is 10.4. The van der Waals surface area contributed by atoms with E-state index in [2.05, 4.69) is 25.9 Å². The molecule has 0 saturated carbocycles. The van der Waals surface area contributed by atoms with Crippen LogP contribution in [0, 0.1) is 13.8 Å². The van der Waals surface area contributed by atoms with Gasteiger partial charge >= 0.3 is 12.1 Å². The third kappa shape index (κ3) is 6.83. The molecule has 4 bridgehead atoms. The Bertz CT molecular complexity index is 1730. The van der Waals surface area contributed by atoms with Crippen molar-refractivity contribution in [2.45, 2.75) is 45.7 Å². The largest absolute Gasteiger partial charge is 0.466 e. The normalized spacial score (nSPS) is 17.1. The number of aromatic nitrogens is 2. The van der Waals surface area contributed by atoms with Gasteiger partial charge in [0.05, 0.1) is 42.9 Å². The average Bonchev–Trinajstić information content (AvgIpc) is 2.97. The minimum atomic E-state index is -0.892. The van der Waals surface area contributed by atoms with E-state index < -0.39 is 30.1 Å². The van der Waals surface area contributed by atoms with Crippen molar-refractivity contribution >= 4 is 40.2 Å². The van der Waals surface area contributed by atoms with Crippen LogP contribution in [0.4, 0.5) is 16.2 Å². The summed E-state index contributed by atoms with van der Waals surface area (Å²) in [7, 11) is 0. The summed E-state index contributed by atoms with van der Waals surface area (Å²) in [6, 6.07) is 14.2. The first kappa shape index (κ1) is 29.3. The lowest BCUT2D eigenvalue weighted by Crippen LogP contribution is -2.37. The predicted octanol–water partition coefficient (Wildman–Crippen LogP) is 4.61. The molecule has 0 unspecified atom stereocenters. The Morgan fingerprint density at radius 2 is 1.84 bits per heavy atom. The number of fused-ring (bicyclic) bond motifs is 10. The Morgan fingerprint density at radius 1 is 1.05 bits per heavy atom. The van der Waals surface area contributed by atoms with Crippen LogP contribution >= 0.6 is 0 Å². The summed E-state index contributed by atoms with van der Waals surface area (Å²) in [5, 5.41) is 9.43. The first-order chi connectivity index (χ1) is 20.7. The maximum absolute atomic E-state index is 14.2. The minimum absolute atomic E-state index is 0.131. The summed E-state index contributed by atoms with van der Waals surface area (Å²) in [6.07, 6.45) is 1.11. The zero-order chi connectivity index (χ0) is 30.5.